The molecule has 2 N–H and O–H groups in total. The number of halogens is 1. The van der Waals surface area contributed by atoms with Crippen molar-refractivity contribution < 1.29 is 14.3 Å². The molecule has 0 bridgehead atoms. The Morgan fingerprint density at radius 1 is 1.67 bits per heavy atom. The van der Waals surface area contributed by atoms with Gasteiger partial charge in [0.25, 0.3) is 0 Å². The molecule has 0 saturated carbocycles. The fraction of sp³-hybridized carbons (Fsp3) is 0.200. The van der Waals surface area contributed by atoms with E-state index in [1.165, 1.54) is 19.1 Å². The normalized spacial score (nSPS) is 9.47. The summed E-state index contributed by atoms with van der Waals surface area (Å²) in [5.41, 5.74) is -0.0840. The van der Waals surface area contributed by atoms with Crippen molar-refractivity contribution >= 4 is 17.3 Å². The largest absolute Gasteiger partial charge is 0.393 e. The second-order valence-corrected chi connectivity index (χ2v) is 2.88. The van der Waals surface area contributed by atoms with E-state index in [9.17, 15) is 9.18 Å². The zero-order valence-electron chi connectivity index (χ0n) is 8.04. The highest BCUT2D eigenvalue weighted by Crippen LogP contribution is 2.27. The van der Waals surface area contributed by atoms with Gasteiger partial charge in [-0.2, -0.15) is 0 Å². The predicted molar refractivity (Wildman–Crippen MR) is 52.9 cm³/mol. The molecule has 0 fully saturated rings. The van der Waals surface area contributed by atoms with Gasteiger partial charge in [0, 0.05) is 12.5 Å². The maximum atomic E-state index is 13.6. The number of nitrogens with one attached hydrogen (secondary N) is 1. The van der Waals surface area contributed by atoms with Crippen molar-refractivity contribution in [3.8, 4) is 0 Å². The first-order valence-electron chi connectivity index (χ1n) is 4.17. The topological polar surface area (TPSA) is 53.7 Å². The van der Waals surface area contributed by atoms with Gasteiger partial charge < -0.3 is 10.4 Å². The first kappa shape index (κ1) is 11.1. The summed E-state index contributed by atoms with van der Waals surface area (Å²) in [4.78, 5) is 13.8. The molecule has 1 rings (SSSR count). The Bertz CT molecular complexity index is 438. The van der Waals surface area contributed by atoms with E-state index in [-0.39, 0.29) is 16.9 Å². The first-order chi connectivity index (χ1) is 7.10. The number of benzene rings is 1. The summed E-state index contributed by atoms with van der Waals surface area (Å²) in [5.74, 6) is -1.17. The van der Waals surface area contributed by atoms with Gasteiger partial charge in [-0.15, -0.1) is 0 Å². The molecule has 15 heavy (non-hydrogen) atoms. The number of nitrogens with zero attached hydrogens (tertiary/aromatic N) is 1. The lowest BCUT2D eigenvalue weighted by molar-refractivity contribution is -0.114. The number of rotatable bonds is 2. The second-order valence-electron chi connectivity index (χ2n) is 2.88. The van der Waals surface area contributed by atoms with Crippen LogP contribution in [0.3, 0.4) is 0 Å². The van der Waals surface area contributed by atoms with Crippen molar-refractivity contribution in [2.75, 3.05) is 5.32 Å². The van der Waals surface area contributed by atoms with Gasteiger partial charge >= 0.3 is 0 Å². The molecule has 1 aromatic carbocycles. The summed E-state index contributed by atoms with van der Waals surface area (Å²) in [6.07, 6.45) is 0. The van der Waals surface area contributed by atoms with Gasteiger partial charge in [-0.3, -0.25) is 4.79 Å². The van der Waals surface area contributed by atoms with E-state index in [4.69, 9.17) is 11.7 Å². The van der Waals surface area contributed by atoms with Gasteiger partial charge in [0.15, 0.2) is 5.69 Å². The summed E-state index contributed by atoms with van der Waals surface area (Å²) in [6, 6.07) is 2.65. The molecule has 0 spiro atoms. The van der Waals surface area contributed by atoms with Crippen LogP contribution in [-0.4, -0.2) is 11.0 Å². The summed E-state index contributed by atoms with van der Waals surface area (Å²) in [7, 11) is 0. The fourth-order valence-corrected chi connectivity index (χ4v) is 1.15. The minimum absolute atomic E-state index is 0.0287. The lowest BCUT2D eigenvalue weighted by Gasteiger charge is -2.08. The second kappa shape index (κ2) is 4.53. The zero-order chi connectivity index (χ0) is 11.4. The average molecular weight is 208 g/mol. The van der Waals surface area contributed by atoms with Crippen molar-refractivity contribution in [2.45, 2.75) is 13.5 Å². The Labute approximate surface area is 86.2 Å². The van der Waals surface area contributed by atoms with Gasteiger partial charge in [-0.05, 0) is 6.07 Å². The number of carbonyl (C=O) groups excluding carboxylic acids is 1. The summed E-state index contributed by atoms with van der Waals surface area (Å²) in [6.45, 7) is 7.43. The molecule has 0 aliphatic heterocycles. The highest BCUT2D eigenvalue weighted by Gasteiger charge is 2.13. The first-order valence-corrected chi connectivity index (χ1v) is 4.17. The molecule has 0 radical (unpaired) electrons. The van der Waals surface area contributed by atoms with Gasteiger partial charge in [-0.1, -0.05) is 6.07 Å². The molecule has 0 aliphatic rings. The Morgan fingerprint density at radius 3 is 2.80 bits per heavy atom. The van der Waals surface area contributed by atoms with Crippen LogP contribution in [-0.2, 0) is 11.4 Å². The molecule has 1 aromatic rings. The number of amides is 1. The van der Waals surface area contributed by atoms with Crippen LogP contribution >= 0.6 is 0 Å². The maximum absolute atomic E-state index is 13.6. The smallest absolute Gasteiger partial charge is 0.221 e. The minimum Gasteiger partial charge on any atom is -0.393 e. The van der Waals surface area contributed by atoms with Gasteiger partial charge in [-0.25, -0.2) is 9.24 Å². The van der Waals surface area contributed by atoms with Crippen LogP contribution in [0.1, 0.15) is 12.5 Å². The minimum atomic E-state index is -0.763. The van der Waals surface area contributed by atoms with E-state index >= 15 is 0 Å². The summed E-state index contributed by atoms with van der Waals surface area (Å²) < 4.78 is 13.6. The van der Waals surface area contributed by atoms with Crippen LogP contribution < -0.4 is 5.32 Å². The molecule has 0 saturated heterocycles. The molecule has 0 aromatic heterocycles. The van der Waals surface area contributed by atoms with E-state index in [1.54, 1.807) is 0 Å². The third kappa shape index (κ3) is 2.30. The van der Waals surface area contributed by atoms with Crippen LogP contribution in [0.5, 0.6) is 0 Å². The molecule has 4 nitrogen and oxygen atoms in total. The number of anilines is 1. The summed E-state index contributed by atoms with van der Waals surface area (Å²) in [5, 5.41) is 11.2. The third-order valence-electron chi connectivity index (χ3n) is 1.81. The van der Waals surface area contributed by atoms with E-state index in [0.29, 0.717) is 0 Å². The van der Waals surface area contributed by atoms with E-state index in [2.05, 4.69) is 10.2 Å². The molecule has 5 heteroatoms. The quantitative estimate of drug-likeness (QED) is 0.728. The predicted octanol–water partition coefficient (Wildman–Crippen LogP) is 1.83. The van der Waals surface area contributed by atoms with E-state index < -0.39 is 18.3 Å². The van der Waals surface area contributed by atoms with E-state index in [0.717, 1.165) is 0 Å². The zero-order valence-corrected chi connectivity index (χ0v) is 8.04. The molecule has 0 aliphatic carbocycles. The Morgan fingerprint density at radius 2 is 2.33 bits per heavy atom. The van der Waals surface area contributed by atoms with Crippen LogP contribution in [0.25, 0.3) is 4.85 Å². The van der Waals surface area contributed by atoms with Crippen LogP contribution in [0.2, 0.25) is 0 Å². The van der Waals surface area contributed by atoms with Crippen molar-refractivity contribution in [3.63, 3.8) is 0 Å². The maximum Gasteiger partial charge on any atom is 0.221 e. The number of hydrogen-bond acceptors (Lipinski definition) is 2. The molecule has 0 unspecified atom stereocenters. The number of aliphatic hydroxyl groups excluding tert-OH is 1. The molecule has 0 atom stereocenters. The van der Waals surface area contributed by atoms with Crippen molar-refractivity contribution in [3.05, 3.63) is 34.9 Å². The SMILES string of the molecule is [C-]#[N+]c1ccc(NC(C)=O)c(F)c1CO. The standard InChI is InChI=1S/C10H9FN2O2/c1-6(15)13-9-4-3-8(12-2)7(5-14)10(9)11/h3-4,14H,5H2,1H3,(H,13,15). The van der Waals surface area contributed by atoms with Gasteiger partial charge in [0.1, 0.15) is 5.82 Å². The highest BCUT2D eigenvalue weighted by atomic mass is 19.1. The third-order valence-corrected chi connectivity index (χ3v) is 1.81. The van der Waals surface area contributed by atoms with Crippen LogP contribution in [0.4, 0.5) is 15.8 Å². The number of aliphatic hydroxyl groups is 1. The van der Waals surface area contributed by atoms with E-state index in [1.807, 2.05) is 0 Å². The Balaban J connectivity index is 3.24. The number of hydrogen-bond donors (Lipinski definition) is 2. The van der Waals surface area contributed by atoms with Crippen molar-refractivity contribution in [1.82, 2.24) is 0 Å². The van der Waals surface area contributed by atoms with Crippen molar-refractivity contribution in [1.29, 1.82) is 0 Å². The molecular formula is C10H9FN2O2. The summed E-state index contributed by atoms with van der Waals surface area (Å²) >= 11 is 0. The highest BCUT2D eigenvalue weighted by molar-refractivity contribution is 5.89. The van der Waals surface area contributed by atoms with Crippen molar-refractivity contribution in [2.24, 2.45) is 0 Å². The Hall–Kier alpha value is -1.93. The molecular weight excluding hydrogens is 199 g/mol. The molecule has 1 amide bonds. The Kier molecular flexibility index (Phi) is 3.37. The fourth-order valence-electron chi connectivity index (χ4n) is 1.15. The lowest BCUT2D eigenvalue weighted by atomic mass is 10.1. The van der Waals surface area contributed by atoms with Crippen LogP contribution in [0, 0.1) is 12.4 Å². The number of carbonyl (C=O) groups is 1. The van der Waals surface area contributed by atoms with Gasteiger partial charge in [0.05, 0.1) is 18.9 Å². The molecule has 78 valence electrons. The van der Waals surface area contributed by atoms with Gasteiger partial charge in [0.2, 0.25) is 5.91 Å². The monoisotopic (exact) mass is 208 g/mol. The van der Waals surface area contributed by atoms with Crippen LogP contribution in [0.15, 0.2) is 12.1 Å². The average Bonchev–Trinajstić information content (AvgIpc) is 2.20. The molecule has 0 heterocycles. The lowest BCUT2D eigenvalue weighted by Crippen LogP contribution is -2.08.